The van der Waals surface area contributed by atoms with Crippen molar-refractivity contribution in [3.63, 3.8) is 0 Å². The predicted octanol–water partition coefficient (Wildman–Crippen LogP) is 2.28. The lowest BCUT2D eigenvalue weighted by Gasteiger charge is -2.30. The number of ether oxygens (including phenoxy) is 1. The van der Waals surface area contributed by atoms with Crippen molar-refractivity contribution < 1.29 is 14.5 Å². The Kier molecular flexibility index (Phi) is 1.54. The molecule has 3 heteroatoms. The van der Waals surface area contributed by atoms with E-state index >= 15 is 0 Å². The number of hydrogen-bond acceptors (Lipinski definition) is 3. The van der Waals surface area contributed by atoms with E-state index in [2.05, 4.69) is 13.0 Å². The predicted molar refractivity (Wildman–Crippen MR) is 49.3 cm³/mol. The van der Waals surface area contributed by atoms with Crippen molar-refractivity contribution in [3.8, 4) is 0 Å². The normalized spacial score (nSPS) is 39.6. The summed E-state index contributed by atoms with van der Waals surface area (Å²) < 4.78 is 5.68. The van der Waals surface area contributed by atoms with E-state index in [1.54, 1.807) is 0 Å². The molecule has 3 nitrogen and oxygen atoms in total. The zero-order valence-electron chi connectivity index (χ0n) is 8.19. The van der Waals surface area contributed by atoms with Crippen molar-refractivity contribution in [2.75, 3.05) is 0 Å². The fraction of sp³-hybridized carbons (Fsp3) is 0.455. The Bertz CT molecular complexity index is 377. The minimum absolute atomic E-state index is 0.224. The Balaban J connectivity index is 2.22. The van der Waals surface area contributed by atoms with Gasteiger partial charge in [0.2, 0.25) is 12.1 Å². The second-order valence-corrected chi connectivity index (χ2v) is 3.99. The number of hydrogen-bond donors (Lipinski definition) is 0. The summed E-state index contributed by atoms with van der Waals surface area (Å²) in [5.74, 6) is -0.491. The van der Waals surface area contributed by atoms with E-state index in [0.29, 0.717) is 0 Å². The molecule has 0 radical (unpaired) electrons. The molecule has 0 aromatic heterocycles. The third kappa shape index (κ3) is 0.919. The van der Waals surface area contributed by atoms with Crippen LogP contribution in [0, 0.1) is 0 Å². The van der Waals surface area contributed by atoms with Crippen molar-refractivity contribution in [1.82, 2.24) is 0 Å². The van der Waals surface area contributed by atoms with Gasteiger partial charge in [-0.3, -0.25) is 0 Å². The third-order valence-electron chi connectivity index (χ3n) is 2.99. The van der Waals surface area contributed by atoms with Gasteiger partial charge in [0.15, 0.2) is 0 Å². The molecule has 1 aromatic carbocycles. The summed E-state index contributed by atoms with van der Waals surface area (Å²) in [5.41, 5.74) is 2.32. The summed E-state index contributed by atoms with van der Waals surface area (Å²) in [6, 6.07) is 8.15. The molecular weight excluding hydrogens is 180 g/mol. The Morgan fingerprint density at radius 2 is 2.07 bits per heavy atom. The third-order valence-corrected chi connectivity index (χ3v) is 2.99. The van der Waals surface area contributed by atoms with Crippen LogP contribution in [0.15, 0.2) is 24.3 Å². The Morgan fingerprint density at radius 3 is 2.93 bits per heavy atom. The highest BCUT2D eigenvalue weighted by Gasteiger charge is 2.49. The maximum Gasteiger partial charge on any atom is 0.227 e. The number of rotatable bonds is 0. The van der Waals surface area contributed by atoms with E-state index in [1.807, 2.05) is 25.1 Å². The molecule has 0 spiro atoms. The summed E-state index contributed by atoms with van der Waals surface area (Å²) in [4.78, 5) is 10.4. The molecule has 0 aliphatic carbocycles. The van der Waals surface area contributed by atoms with Gasteiger partial charge in [0, 0.05) is 11.5 Å². The lowest BCUT2D eigenvalue weighted by molar-refractivity contribution is -0.328. The molecule has 2 aliphatic rings. The topological polar surface area (TPSA) is 27.7 Å². The van der Waals surface area contributed by atoms with Crippen molar-refractivity contribution >= 4 is 0 Å². The van der Waals surface area contributed by atoms with E-state index in [-0.39, 0.29) is 12.2 Å². The lowest BCUT2D eigenvalue weighted by atomic mass is 9.89. The van der Waals surface area contributed by atoms with Crippen LogP contribution >= 0.6 is 0 Å². The first-order valence-corrected chi connectivity index (χ1v) is 4.82. The van der Waals surface area contributed by atoms with Crippen LogP contribution < -0.4 is 0 Å². The van der Waals surface area contributed by atoms with Crippen LogP contribution in [-0.2, 0) is 20.3 Å². The molecule has 14 heavy (non-hydrogen) atoms. The molecular formula is C11H12O3. The Labute approximate surface area is 82.5 Å². The van der Waals surface area contributed by atoms with E-state index < -0.39 is 5.79 Å². The molecule has 0 amide bonds. The summed E-state index contributed by atoms with van der Waals surface area (Å²) in [6.07, 6.45) is -0.269. The summed E-state index contributed by atoms with van der Waals surface area (Å²) in [6.45, 7) is 3.97. The van der Waals surface area contributed by atoms with Crippen molar-refractivity contribution in [1.29, 1.82) is 0 Å². The average molecular weight is 192 g/mol. The molecule has 3 atom stereocenters. The van der Waals surface area contributed by atoms with Gasteiger partial charge in [-0.05, 0) is 12.5 Å². The van der Waals surface area contributed by atoms with Crippen molar-refractivity contribution in [2.24, 2.45) is 0 Å². The molecule has 1 saturated heterocycles. The maximum atomic E-state index is 5.68. The summed E-state index contributed by atoms with van der Waals surface area (Å²) >= 11 is 0. The smallest absolute Gasteiger partial charge is 0.227 e. The van der Waals surface area contributed by atoms with E-state index in [1.165, 1.54) is 5.56 Å². The highest BCUT2D eigenvalue weighted by molar-refractivity contribution is 5.36. The van der Waals surface area contributed by atoms with Gasteiger partial charge in [0.1, 0.15) is 0 Å². The molecule has 0 N–H and O–H groups in total. The fourth-order valence-electron chi connectivity index (χ4n) is 2.15. The number of fused-ring (bicyclic) bond motifs is 4. The SMILES string of the molecule is CC1c2ccccc2[C@]2(C)OO[C@H]1O2. The molecule has 1 aromatic rings. The minimum atomic E-state index is -0.715. The van der Waals surface area contributed by atoms with Gasteiger partial charge in [-0.25, -0.2) is 4.89 Å². The van der Waals surface area contributed by atoms with Crippen LogP contribution in [0.3, 0.4) is 0 Å². The van der Waals surface area contributed by atoms with Crippen LogP contribution in [0.5, 0.6) is 0 Å². The first-order valence-electron chi connectivity index (χ1n) is 4.82. The minimum Gasteiger partial charge on any atom is -0.310 e. The zero-order valence-corrected chi connectivity index (χ0v) is 8.19. The highest BCUT2D eigenvalue weighted by atomic mass is 17.3. The lowest BCUT2D eigenvalue weighted by Crippen LogP contribution is -2.32. The Hall–Kier alpha value is -0.900. The van der Waals surface area contributed by atoms with Gasteiger partial charge in [0.05, 0.1) is 0 Å². The molecule has 0 saturated carbocycles. The molecule has 1 fully saturated rings. The second-order valence-electron chi connectivity index (χ2n) is 3.99. The van der Waals surface area contributed by atoms with Gasteiger partial charge >= 0.3 is 0 Å². The highest BCUT2D eigenvalue weighted by Crippen LogP contribution is 2.47. The van der Waals surface area contributed by atoms with Crippen LogP contribution in [0.1, 0.15) is 30.9 Å². The first kappa shape index (κ1) is 8.41. The van der Waals surface area contributed by atoms with Gasteiger partial charge in [0.25, 0.3) is 0 Å². The summed E-state index contributed by atoms with van der Waals surface area (Å²) in [5, 5.41) is 0. The molecule has 2 bridgehead atoms. The monoisotopic (exact) mass is 192 g/mol. The maximum absolute atomic E-state index is 5.68. The van der Waals surface area contributed by atoms with E-state index in [9.17, 15) is 0 Å². The van der Waals surface area contributed by atoms with Crippen LogP contribution in [0.25, 0.3) is 0 Å². The largest absolute Gasteiger partial charge is 0.310 e. The van der Waals surface area contributed by atoms with Crippen molar-refractivity contribution in [2.45, 2.75) is 31.8 Å². The van der Waals surface area contributed by atoms with Crippen LogP contribution in [0.4, 0.5) is 0 Å². The summed E-state index contributed by atoms with van der Waals surface area (Å²) in [7, 11) is 0. The van der Waals surface area contributed by atoms with Gasteiger partial charge in [-0.15, -0.1) is 0 Å². The van der Waals surface area contributed by atoms with E-state index in [0.717, 1.165) is 5.56 Å². The van der Waals surface area contributed by atoms with Crippen molar-refractivity contribution in [3.05, 3.63) is 35.4 Å². The van der Waals surface area contributed by atoms with Gasteiger partial charge in [-0.2, -0.15) is 4.89 Å². The first-order chi connectivity index (χ1) is 6.71. The quantitative estimate of drug-likeness (QED) is 0.590. The zero-order chi connectivity index (χ0) is 9.76. The molecule has 3 rings (SSSR count). The molecule has 2 heterocycles. The van der Waals surface area contributed by atoms with Crippen LogP contribution in [-0.4, -0.2) is 6.29 Å². The van der Waals surface area contributed by atoms with E-state index in [4.69, 9.17) is 14.5 Å². The number of benzene rings is 1. The van der Waals surface area contributed by atoms with Gasteiger partial charge in [-0.1, -0.05) is 31.2 Å². The average Bonchev–Trinajstić information content (AvgIpc) is 2.57. The molecule has 74 valence electrons. The van der Waals surface area contributed by atoms with Crippen LogP contribution in [0.2, 0.25) is 0 Å². The second kappa shape index (κ2) is 2.57. The fourth-order valence-corrected chi connectivity index (χ4v) is 2.15. The standard InChI is InChI=1S/C11H12O3/c1-7-8-5-3-4-6-9(8)11(2)12-10(7)13-14-11/h3-7,10H,1-2H3/t7?,10-,11+/m1/s1. The molecule has 1 unspecified atom stereocenters. The van der Waals surface area contributed by atoms with Gasteiger partial charge < -0.3 is 4.74 Å². The molecule has 2 aliphatic heterocycles. The Morgan fingerprint density at radius 1 is 1.29 bits per heavy atom.